The van der Waals surface area contributed by atoms with Crippen molar-refractivity contribution in [3.63, 3.8) is 0 Å². The van der Waals surface area contributed by atoms with Crippen LogP contribution in [0, 0.1) is 0 Å². The Morgan fingerprint density at radius 2 is 1.80 bits per heavy atom. The highest BCUT2D eigenvalue weighted by Crippen LogP contribution is 2.22. The summed E-state index contributed by atoms with van der Waals surface area (Å²) in [6.07, 6.45) is -6.03. The maximum atomic E-state index is 12.0. The summed E-state index contributed by atoms with van der Waals surface area (Å²) >= 11 is 0. The van der Waals surface area contributed by atoms with Crippen molar-refractivity contribution in [3.05, 3.63) is 35.9 Å². The van der Waals surface area contributed by atoms with Crippen LogP contribution in [0.15, 0.2) is 30.3 Å². The van der Waals surface area contributed by atoms with E-state index in [0.717, 1.165) is 0 Å². The summed E-state index contributed by atoms with van der Waals surface area (Å²) in [5, 5.41) is 9.19. The lowest BCUT2D eigenvalue weighted by Crippen LogP contribution is -2.33. The SMILES string of the molecule is O=S(=O)(CCCC(F)(F)F)NC(CO)c1ccccc1. The van der Waals surface area contributed by atoms with Gasteiger partial charge in [0, 0.05) is 6.42 Å². The first-order chi connectivity index (χ1) is 9.23. The third kappa shape index (κ3) is 6.36. The summed E-state index contributed by atoms with van der Waals surface area (Å²) in [5.74, 6) is -0.629. The molecule has 1 unspecified atom stereocenters. The largest absolute Gasteiger partial charge is 0.394 e. The molecule has 2 N–H and O–H groups in total. The lowest BCUT2D eigenvalue weighted by atomic mass is 10.1. The molecule has 4 nitrogen and oxygen atoms in total. The third-order valence-corrected chi connectivity index (χ3v) is 4.05. The molecule has 1 atom stereocenters. The van der Waals surface area contributed by atoms with E-state index in [1.165, 1.54) is 0 Å². The molecule has 114 valence electrons. The molecule has 1 aromatic carbocycles. The zero-order valence-electron chi connectivity index (χ0n) is 10.6. The molecule has 1 rings (SSSR count). The predicted octanol–water partition coefficient (Wildman–Crippen LogP) is 1.98. The molecule has 8 heteroatoms. The molecule has 0 bridgehead atoms. The van der Waals surface area contributed by atoms with Crippen LogP contribution in [-0.2, 0) is 10.0 Å². The first-order valence-corrected chi connectivity index (χ1v) is 7.61. The van der Waals surface area contributed by atoms with Crippen LogP contribution in [0.3, 0.4) is 0 Å². The van der Waals surface area contributed by atoms with Gasteiger partial charge >= 0.3 is 6.18 Å². The van der Waals surface area contributed by atoms with Gasteiger partial charge in [0.1, 0.15) is 0 Å². The van der Waals surface area contributed by atoms with E-state index >= 15 is 0 Å². The van der Waals surface area contributed by atoms with Crippen molar-refractivity contribution in [2.45, 2.75) is 25.1 Å². The van der Waals surface area contributed by atoms with Gasteiger partial charge in [0.25, 0.3) is 0 Å². The summed E-state index contributed by atoms with van der Waals surface area (Å²) < 4.78 is 61.4. The van der Waals surface area contributed by atoms with Crippen molar-refractivity contribution in [1.29, 1.82) is 0 Å². The van der Waals surface area contributed by atoms with Crippen LogP contribution < -0.4 is 4.72 Å². The van der Waals surface area contributed by atoms with Gasteiger partial charge < -0.3 is 5.11 Å². The zero-order chi connectivity index (χ0) is 15.2. The Bertz CT molecular complexity index is 502. The number of hydrogen-bond donors (Lipinski definition) is 2. The molecule has 0 aliphatic carbocycles. The molecule has 0 amide bonds. The van der Waals surface area contributed by atoms with Gasteiger partial charge in [0.15, 0.2) is 0 Å². The number of aliphatic hydroxyl groups excluding tert-OH is 1. The second-order valence-corrected chi connectivity index (χ2v) is 6.17. The standard InChI is InChI=1S/C12H16F3NO3S/c13-12(14,15)7-4-8-20(18,19)16-11(9-17)10-5-2-1-3-6-10/h1-3,5-6,11,16-17H,4,7-9H2. The Labute approximate surface area is 115 Å². The van der Waals surface area contributed by atoms with Crippen molar-refractivity contribution < 1.29 is 26.7 Å². The summed E-state index contributed by atoms with van der Waals surface area (Å²) in [6.45, 7) is -0.470. The Morgan fingerprint density at radius 3 is 2.30 bits per heavy atom. The quantitative estimate of drug-likeness (QED) is 0.809. The lowest BCUT2D eigenvalue weighted by molar-refractivity contribution is -0.134. The minimum atomic E-state index is -4.37. The molecular weight excluding hydrogens is 295 g/mol. The minimum absolute atomic E-state index is 0.470. The lowest BCUT2D eigenvalue weighted by Gasteiger charge is -2.17. The van der Waals surface area contributed by atoms with Crippen molar-refractivity contribution in [2.75, 3.05) is 12.4 Å². The number of sulfonamides is 1. The van der Waals surface area contributed by atoms with Gasteiger partial charge in [0.2, 0.25) is 10.0 Å². The molecule has 0 saturated heterocycles. The summed E-state index contributed by atoms with van der Waals surface area (Å²) in [5.41, 5.74) is 0.550. The molecule has 0 radical (unpaired) electrons. The van der Waals surface area contributed by atoms with Gasteiger partial charge in [-0.1, -0.05) is 30.3 Å². The average molecular weight is 311 g/mol. The zero-order valence-corrected chi connectivity index (χ0v) is 11.4. The average Bonchev–Trinajstić information content (AvgIpc) is 2.35. The first-order valence-electron chi connectivity index (χ1n) is 5.96. The van der Waals surface area contributed by atoms with E-state index in [4.69, 9.17) is 0 Å². The van der Waals surface area contributed by atoms with Crippen LogP contribution in [0.1, 0.15) is 24.4 Å². The van der Waals surface area contributed by atoms with Gasteiger partial charge in [-0.2, -0.15) is 13.2 Å². The molecule has 0 aliphatic heterocycles. The molecule has 0 spiro atoms. The van der Waals surface area contributed by atoms with Gasteiger partial charge in [-0.15, -0.1) is 0 Å². The van der Waals surface area contributed by atoms with E-state index in [1.807, 2.05) is 0 Å². The Hall–Kier alpha value is -1.12. The molecule has 0 heterocycles. The Kier molecular flexibility index (Phi) is 5.97. The van der Waals surface area contributed by atoms with Crippen LogP contribution in [0.2, 0.25) is 0 Å². The number of hydrogen-bond acceptors (Lipinski definition) is 3. The smallest absolute Gasteiger partial charge is 0.389 e. The number of nitrogens with one attached hydrogen (secondary N) is 1. The predicted molar refractivity (Wildman–Crippen MR) is 68.5 cm³/mol. The highest BCUT2D eigenvalue weighted by Gasteiger charge is 2.28. The first kappa shape index (κ1) is 16.9. The number of benzene rings is 1. The van der Waals surface area contributed by atoms with E-state index in [2.05, 4.69) is 4.72 Å². The molecular formula is C12H16F3NO3S. The van der Waals surface area contributed by atoms with Gasteiger partial charge in [-0.3, -0.25) is 0 Å². The van der Waals surface area contributed by atoms with Crippen molar-refractivity contribution in [1.82, 2.24) is 4.72 Å². The topological polar surface area (TPSA) is 66.4 Å². The van der Waals surface area contributed by atoms with Crippen LogP contribution in [0.4, 0.5) is 13.2 Å². The normalized spacial score (nSPS) is 14.2. The van der Waals surface area contributed by atoms with Gasteiger partial charge in [-0.05, 0) is 12.0 Å². The number of aliphatic hydroxyl groups is 1. The monoisotopic (exact) mass is 311 g/mol. The maximum absolute atomic E-state index is 12.0. The number of rotatable bonds is 7. The van der Waals surface area contributed by atoms with Gasteiger partial charge in [-0.25, -0.2) is 13.1 Å². The maximum Gasteiger partial charge on any atom is 0.389 e. The fraction of sp³-hybridized carbons (Fsp3) is 0.500. The molecule has 0 fully saturated rings. The molecule has 20 heavy (non-hydrogen) atoms. The van der Waals surface area contributed by atoms with Crippen LogP contribution in [-0.4, -0.2) is 32.1 Å². The van der Waals surface area contributed by atoms with E-state index in [0.29, 0.717) is 5.56 Å². The van der Waals surface area contributed by atoms with E-state index in [1.54, 1.807) is 30.3 Å². The number of halogens is 3. The van der Waals surface area contributed by atoms with Crippen LogP contribution in [0.25, 0.3) is 0 Å². The van der Waals surface area contributed by atoms with Crippen molar-refractivity contribution >= 4 is 10.0 Å². The van der Waals surface area contributed by atoms with Gasteiger partial charge in [0.05, 0.1) is 18.4 Å². The molecule has 0 saturated carbocycles. The minimum Gasteiger partial charge on any atom is -0.394 e. The summed E-state index contributed by atoms with van der Waals surface area (Å²) in [6, 6.07) is 7.48. The number of alkyl halides is 3. The summed E-state index contributed by atoms with van der Waals surface area (Å²) in [7, 11) is -3.87. The second kappa shape index (κ2) is 7.05. The van der Waals surface area contributed by atoms with Crippen LogP contribution >= 0.6 is 0 Å². The van der Waals surface area contributed by atoms with E-state index in [-0.39, 0.29) is 0 Å². The highest BCUT2D eigenvalue weighted by molar-refractivity contribution is 7.89. The molecule has 0 aromatic heterocycles. The molecule has 0 aliphatic rings. The van der Waals surface area contributed by atoms with Crippen molar-refractivity contribution in [3.8, 4) is 0 Å². The van der Waals surface area contributed by atoms with E-state index < -0.39 is 47.4 Å². The second-order valence-electron chi connectivity index (χ2n) is 4.30. The highest BCUT2D eigenvalue weighted by atomic mass is 32.2. The summed E-state index contributed by atoms with van der Waals surface area (Å²) in [4.78, 5) is 0. The fourth-order valence-corrected chi connectivity index (χ4v) is 2.92. The Morgan fingerprint density at radius 1 is 1.20 bits per heavy atom. The fourth-order valence-electron chi connectivity index (χ4n) is 1.63. The Balaban J connectivity index is 2.60. The molecule has 1 aromatic rings. The van der Waals surface area contributed by atoms with E-state index in [9.17, 15) is 26.7 Å². The third-order valence-electron chi connectivity index (χ3n) is 2.58. The van der Waals surface area contributed by atoms with Crippen molar-refractivity contribution in [2.24, 2.45) is 0 Å². The van der Waals surface area contributed by atoms with Crippen LogP contribution in [0.5, 0.6) is 0 Å².